The summed E-state index contributed by atoms with van der Waals surface area (Å²) in [5, 5.41) is 11.2. The molecule has 0 saturated heterocycles. The Morgan fingerprint density at radius 1 is 1.19 bits per heavy atom. The molecule has 6 nitrogen and oxygen atoms in total. The third-order valence-electron chi connectivity index (χ3n) is 4.89. The Labute approximate surface area is 173 Å². The fourth-order valence-corrected chi connectivity index (χ4v) is 3.33. The molecule has 10 heteroatoms. The lowest BCUT2D eigenvalue weighted by atomic mass is 10.1. The minimum absolute atomic E-state index is 0.0160. The Morgan fingerprint density at radius 3 is 2.45 bits per heavy atom. The lowest BCUT2D eigenvalue weighted by molar-refractivity contribution is 0.0694. The highest BCUT2D eigenvalue weighted by atomic mass is 19.1. The molecular formula is C21H19F4N3O3. The van der Waals surface area contributed by atoms with Crippen LogP contribution >= 0.6 is 0 Å². The zero-order valence-corrected chi connectivity index (χ0v) is 16.6. The van der Waals surface area contributed by atoms with E-state index < -0.39 is 63.0 Å². The normalized spacial score (nSPS) is 11.3. The van der Waals surface area contributed by atoms with Crippen molar-refractivity contribution in [2.45, 2.75) is 26.3 Å². The van der Waals surface area contributed by atoms with Gasteiger partial charge in [-0.05, 0) is 31.9 Å². The molecule has 0 amide bonds. The summed E-state index contributed by atoms with van der Waals surface area (Å²) in [6.45, 7) is 3.12. The molecule has 2 aromatic carbocycles. The molecule has 0 saturated carbocycles. The fraction of sp³-hybridized carbons (Fsp3) is 0.238. The zero-order valence-electron chi connectivity index (χ0n) is 16.6. The lowest BCUT2D eigenvalue weighted by Gasteiger charge is -2.20. The average Bonchev–Trinajstić information content (AvgIpc) is 2.69. The van der Waals surface area contributed by atoms with E-state index in [9.17, 15) is 27.9 Å². The minimum Gasteiger partial charge on any atom is -0.477 e. The third kappa shape index (κ3) is 3.92. The molecule has 0 atom stereocenters. The van der Waals surface area contributed by atoms with E-state index in [-0.39, 0.29) is 24.0 Å². The van der Waals surface area contributed by atoms with Crippen molar-refractivity contribution >= 4 is 28.2 Å². The average molecular weight is 437 g/mol. The summed E-state index contributed by atoms with van der Waals surface area (Å²) in [5.74, 6) is -5.50. The van der Waals surface area contributed by atoms with Crippen LogP contribution in [0.15, 0.2) is 29.2 Å². The van der Waals surface area contributed by atoms with Crippen LogP contribution < -0.4 is 16.5 Å². The number of carboxylic acid groups (broad SMARTS) is 1. The summed E-state index contributed by atoms with van der Waals surface area (Å²) < 4.78 is 58.1. The van der Waals surface area contributed by atoms with Crippen molar-refractivity contribution in [2.24, 2.45) is 0 Å². The van der Waals surface area contributed by atoms with Gasteiger partial charge in [-0.25, -0.2) is 22.4 Å². The number of pyridine rings is 1. The molecule has 31 heavy (non-hydrogen) atoms. The maximum atomic E-state index is 15.3. The first-order chi connectivity index (χ1) is 14.5. The predicted octanol–water partition coefficient (Wildman–Crippen LogP) is 4.07. The molecule has 0 bridgehead atoms. The number of halogens is 4. The molecule has 0 aliphatic heterocycles. The Morgan fingerprint density at radius 2 is 1.87 bits per heavy atom. The highest BCUT2D eigenvalue weighted by Gasteiger charge is 2.26. The van der Waals surface area contributed by atoms with Crippen molar-refractivity contribution in [3.05, 3.63) is 69.0 Å². The number of aromatic carboxylic acids is 1. The van der Waals surface area contributed by atoms with Gasteiger partial charge in [0.25, 0.3) is 0 Å². The molecule has 3 rings (SSSR count). The summed E-state index contributed by atoms with van der Waals surface area (Å²) in [7, 11) is 0. The maximum absolute atomic E-state index is 15.3. The fourth-order valence-electron chi connectivity index (χ4n) is 3.33. The Kier molecular flexibility index (Phi) is 5.92. The number of carboxylic acids is 1. The summed E-state index contributed by atoms with van der Waals surface area (Å²) in [5.41, 5.74) is 2.44. The molecule has 1 heterocycles. The SMILES string of the molecule is CC(C)n1cc(C(=O)O)c(=O)c2c(N)c(F)c(NCCc3ccc(F)cc3F)c(F)c21. The van der Waals surface area contributed by atoms with Crippen LogP contribution in [0.2, 0.25) is 0 Å². The highest BCUT2D eigenvalue weighted by molar-refractivity contribution is 5.99. The summed E-state index contributed by atoms with van der Waals surface area (Å²) in [6, 6.07) is 2.50. The van der Waals surface area contributed by atoms with Crippen LogP contribution in [0, 0.1) is 23.3 Å². The van der Waals surface area contributed by atoms with E-state index in [4.69, 9.17) is 5.73 Å². The molecule has 0 fully saturated rings. The summed E-state index contributed by atoms with van der Waals surface area (Å²) in [4.78, 5) is 24.0. The maximum Gasteiger partial charge on any atom is 0.341 e. The van der Waals surface area contributed by atoms with E-state index in [1.165, 1.54) is 10.6 Å². The quantitative estimate of drug-likeness (QED) is 0.399. The molecule has 0 radical (unpaired) electrons. The number of nitrogens with two attached hydrogens (primary N) is 1. The number of nitrogens with one attached hydrogen (secondary N) is 1. The second kappa shape index (κ2) is 8.29. The van der Waals surface area contributed by atoms with E-state index in [0.29, 0.717) is 6.07 Å². The van der Waals surface area contributed by atoms with Gasteiger partial charge in [-0.1, -0.05) is 6.07 Å². The molecule has 0 unspecified atom stereocenters. The number of carbonyl (C=O) groups is 1. The molecule has 164 valence electrons. The van der Waals surface area contributed by atoms with Gasteiger partial charge in [-0.3, -0.25) is 4.79 Å². The van der Waals surface area contributed by atoms with Crippen LogP contribution in [0.3, 0.4) is 0 Å². The monoisotopic (exact) mass is 437 g/mol. The van der Waals surface area contributed by atoms with Gasteiger partial charge in [0.2, 0.25) is 5.43 Å². The molecule has 0 aliphatic rings. The van der Waals surface area contributed by atoms with Crippen LogP contribution in [0.4, 0.5) is 28.9 Å². The van der Waals surface area contributed by atoms with Gasteiger partial charge in [0, 0.05) is 24.8 Å². The number of nitrogens with zero attached hydrogens (tertiary/aromatic N) is 1. The number of nitrogen functional groups attached to an aromatic ring is 1. The molecular weight excluding hydrogens is 418 g/mol. The number of anilines is 2. The highest BCUT2D eigenvalue weighted by Crippen LogP contribution is 2.34. The van der Waals surface area contributed by atoms with Crippen LogP contribution in [0.25, 0.3) is 10.9 Å². The Hall–Kier alpha value is -3.56. The molecule has 0 aliphatic carbocycles. The van der Waals surface area contributed by atoms with Gasteiger partial charge >= 0.3 is 5.97 Å². The van der Waals surface area contributed by atoms with E-state index >= 15 is 4.39 Å². The smallest absolute Gasteiger partial charge is 0.341 e. The van der Waals surface area contributed by atoms with Gasteiger partial charge in [0.15, 0.2) is 11.6 Å². The first-order valence-corrected chi connectivity index (χ1v) is 9.30. The number of rotatable bonds is 6. The largest absolute Gasteiger partial charge is 0.477 e. The zero-order chi connectivity index (χ0) is 23.0. The second-order valence-corrected chi connectivity index (χ2v) is 7.23. The van der Waals surface area contributed by atoms with E-state index in [2.05, 4.69) is 5.32 Å². The first kappa shape index (κ1) is 22.1. The van der Waals surface area contributed by atoms with Gasteiger partial charge in [0.1, 0.15) is 22.9 Å². The van der Waals surface area contributed by atoms with Gasteiger partial charge in [-0.15, -0.1) is 0 Å². The van der Waals surface area contributed by atoms with E-state index in [1.807, 2.05) is 0 Å². The Balaban J connectivity index is 2.11. The minimum atomic E-state index is -1.55. The van der Waals surface area contributed by atoms with Crippen LogP contribution in [-0.2, 0) is 6.42 Å². The van der Waals surface area contributed by atoms with Crippen LogP contribution in [0.5, 0.6) is 0 Å². The number of hydrogen-bond donors (Lipinski definition) is 3. The number of hydrogen-bond acceptors (Lipinski definition) is 4. The summed E-state index contributed by atoms with van der Waals surface area (Å²) in [6.07, 6.45) is 0.966. The lowest BCUT2D eigenvalue weighted by Crippen LogP contribution is -2.23. The van der Waals surface area contributed by atoms with Crippen molar-refractivity contribution in [1.82, 2.24) is 4.57 Å². The topological polar surface area (TPSA) is 97.4 Å². The Bertz CT molecular complexity index is 1260. The molecule has 1 aromatic heterocycles. The van der Waals surface area contributed by atoms with Crippen LogP contribution in [0.1, 0.15) is 35.8 Å². The van der Waals surface area contributed by atoms with Gasteiger partial charge in [-0.2, -0.15) is 0 Å². The summed E-state index contributed by atoms with van der Waals surface area (Å²) >= 11 is 0. The van der Waals surface area contributed by atoms with Gasteiger partial charge in [0.05, 0.1) is 16.6 Å². The van der Waals surface area contributed by atoms with Crippen LogP contribution in [-0.4, -0.2) is 22.2 Å². The number of aromatic nitrogens is 1. The number of benzene rings is 2. The molecule has 3 aromatic rings. The van der Waals surface area contributed by atoms with E-state index in [1.54, 1.807) is 13.8 Å². The number of fused-ring (bicyclic) bond motifs is 1. The van der Waals surface area contributed by atoms with E-state index in [0.717, 1.165) is 12.3 Å². The standard InChI is InChI=1S/C21H19F4N3O3/c1-9(2)28-8-12(21(30)31)20(29)14-17(26)15(24)18(16(25)19(14)28)27-6-5-10-3-4-11(22)7-13(10)23/h3-4,7-9,27H,5-6,26H2,1-2H3,(H,30,31). The first-order valence-electron chi connectivity index (χ1n) is 9.30. The molecule has 0 spiro atoms. The third-order valence-corrected chi connectivity index (χ3v) is 4.89. The van der Waals surface area contributed by atoms with Crippen molar-refractivity contribution in [2.75, 3.05) is 17.6 Å². The van der Waals surface area contributed by atoms with Crippen molar-refractivity contribution < 1.29 is 27.5 Å². The second-order valence-electron chi connectivity index (χ2n) is 7.23. The van der Waals surface area contributed by atoms with Crippen molar-refractivity contribution in [3.63, 3.8) is 0 Å². The van der Waals surface area contributed by atoms with Crippen molar-refractivity contribution in [3.8, 4) is 0 Å². The molecule has 4 N–H and O–H groups in total. The van der Waals surface area contributed by atoms with Gasteiger partial charge < -0.3 is 20.7 Å². The van der Waals surface area contributed by atoms with Crippen molar-refractivity contribution in [1.29, 1.82) is 0 Å². The predicted molar refractivity (Wildman–Crippen MR) is 108 cm³/mol.